The van der Waals surface area contributed by atoms with Crippen LogP contribution < -0.4 is 5.32 Å². The summed E-state index contributed by atoms with van der Waals surface area (Å²) in [6, 6.07) is 9.94. The van der Waals surface area contributed by atoms with E-state index in [1.54, 1.807) is 0 Å². The van der Waals surface area contributed by atoms with E-state index in [2.05, 4.69) is 31.6 Å². The van der Waals surface area contributed by atoms with Crippen LogP contribution in [0.4, 0.5) is 5.00 Å². The largest absolute Gasteiger partial charge is 0.338 e. The number of nitrogens with one attached hydrogen (secondary N) is 2. The molecule has 0 fully saturated rings. The van der Waals surface area contributed by atoms with Crippen molar-refractivity contribution >= 4 is 56.1 Å². The van der Waals surface area contributed by atoms with E-state index in [4.69, 9.17) is 0 Å². The van der Waals surface area contributed by atoms with Gasteiger partial charge in [0.05, 0.1) is 11.3 Å². The summed E-state index contributed by atoms with van der Waals surface area (Å²) >= 11 is 2.61. The van der Waals surface area contributed by atoms with E-state index in [-0.39, 0.29) is 11.7 Å². The zero-order valence-electron chi connectivity index (χ0n) is 14.5. The van der Waals surface area contributed by atoms with Gasteiger partial charge in [-0.1, -0.05) is 30.0 Å². The standard InChI is InChI=1S/C18H14N6OS2/c1-9-10(2)27-17(12(9)7-19)21-14(25)8-26-18-22-16-15(23-24-18)11-5-3-4-6-13(11)20-16/h3-6H,8H2,1-2H3,(H,21,25)(H,20,22,24). The lowest BCUT2D eigenvalue weighted by molar-refractivity contribution is -0.113. The van der Waals surface area contributed by atoms with Crippen LogP contribution in [0.15, 0.2) is 29.4 Å². The average molecular weight is 394 g/mol. The number of aryl methyl sites for hydroxylation is 1. The molecule has 4 rings (SSSR count). The van der Waals surface area contributed by atoms with E-state index in [0.717, 1.165) is 21.3 Å². The molecule has 2 N–H and O–H groups in total. The van der Waals surface area contributed by atoms with E-state index >= 15 is 0 Å². The number of aromatic nitrogens is 4. The van der Waals surface area contributed by atoms with Crippen LogP contribution in [0.3, 0.4) is 0 Å². The second-order valence-electron chi connectivity index (χ2n) is 5.90. The Balaban J connectivity index is 1.48. The van der Waals surface area contributed by atoms with Crippen molar-refractivity contribution in [3.05, 3.63) is 40.3 Å². The van der Waals surface area contributed by atoms with Gasteiger partial charge in [0.1, 0.15) is 16.6 Å². The van der Waals surface area contributed by atoms with Crippen molar-refractivity contribution in [1.82, 2.24) is 20.2 Å². The topological polar surface area (TPSA) is 107 Å². The monoisotopic (exact) mass is 394 g/mol. The number of amides is 1. The van der Waals surface area contributed by atoms with E-state index in [9.17, 15) is 10.1 Å². The van der Waals surface area contributed by atoms with E-state index < -0.39 is 0 Å². The summed E-state index contributed by atoms with van der Waals surface area (Å²) in [5.41, 5.74) is 3.73. The highest BCUT2D eigenvalue weighted by Crippen LogP contribution is 2.32. The molecule has 0 saturated carbocycles. The lowest BCUT2D eigenvalue weighted by Gasteiger charge is -2.02. The molecule has 0 saturated heterocycles. The first kappa shape index (κ1) is 17.5. The summed E-state index contributed by atoms with van der Waals surface area (Å²) in [7, 11) is 0. The molecule has 4 aromatic rings. The van der Waals surface area contributed by atoms with Crippen molar-refractivity contribution < 1.29 is 4.79 Å². The number of carbonyl (C=O) groups is 1. The third-order valence-corrected chi connectivity index (χ3v) is 6.15. The fourth-order valence-corrected chi connectivity index (χ4v) is 4.32. The molecule has 3 aromatic heterocycles. The second-order valence-corrected chi connectivity index (χ2v) is 8.07. The summed E-state index contributed by atoms with van der Waals surface area (Å²) in [5.74, 6) is -0.0769. The second kappa shape index (κ2) is 6.98. The summed E-state index contributed by atoms with van der Waals surface area (Å²) < 4.78 is 0. The number of thioether (sulfide) groups is 1. The fraction of sp³-hybridized carbons (Fsp3) is 0.167. The van der Waals surface area contributed by atoms with Crippen LogP contribution in [0.25, 0.3) is 22.1 Å². The number of para-hydroxylation sites is 1. The number of benzene rings is 1. The predicted octanol–water partition coefficient (Wildman–Crippen LogP) is 3.79. The lowest BCUT2D eigenvalue weighted by Crippen LogP contribution is -2.14. The molecule has 9 heteroatoms. The lowest BCUT2D eigenvalue weighted by atomic mass is 10.2. The number of rotatable bonds is 4. The first-order valence-corrected chi connectivity index (χ1v) is 9.91. The Morgan fingerprint density at radius 3 is 2.96 bits per heavy atom. The van der Waals surface area contributed by atoms with Crippen molar-refractivity contribution in [3.8, 4) is 6.07 Å². The van der Waals surface area contributed by atoms with Gasteiger partial charge in [0.2, 0.25) is 11.1 Å². The number of carbonyl (C=O) groups excluding carboxylic acids is 1. The molecule has 1 aromatic carbocycles. The number of hydrogen-bond acceptors (Lipinski definition) is 7. The van der Waals surface area contributed by atoms with Crippen LogP contribution >= 0.6 is 23.1 Å². The first-order chi connectivity index (χ1) is 13.1. The maximum atomic E-state index is 12.3. The van der Waals surface area contributed by atoms with Gasteiger partial charge in [-0.25, -0.2) is 4.98 Å². The maximum Gasteiger partial charge on any atom is 0.235 e. The number of H-pyrrole nitrogens is 1. The molecule has 0 aliphatic heterocycles. The van der Waals surface area contributed by atoms with Crippen molar-refractivity contribution in [2.45, 2.75) is 19.0 Å². The number of hydrogen-bond donors (Lipinski definition) is 2. The van der Waals surface area contributed by atoms with Gasteiger partial charge in [-0.15, -0.1) is 21.5 Å². The molecule has 0 atom stereocenters. The Hall–Kier alpha value is -2.96. The number of anilines is 1. The van der Waals surface area contributed by atoms with E-state index in [0.29, 0.717) is 26.9 Å². The van der Waals surface area contributed by atoms with Crippen molar-refractivity contribution in [2.24, 2.45) is 0 Å². The van der Waals surface area contributed by atoms with Gasteiger partial charge in [-0.3, -0.25) is 4.79 Å². The number of nitriles is 1. The minimum atomic E-state index is -0.210. The highest BCUT2D eigenvalue weighted by molar-refractivity contribution is 7.99. The van der Waals surface area contributed by atoms with E-state index in [1.807, 2.05) is 38.1 Å². The molecule has 0 bridgehead atoms. The van der Waals surface area contributed by atoms with Gasteiger partial charge in [0.25, 0.3) is 0 Å². The molecule has 3 heterocycles. The highest BCUT2D eigenvalue weighted by Gasteiger charge is 2.15. The van der Waals surface area contributed by atoms with Crippen molar-refractivity contribution in [2.75, 3.05) is 11.1 Å². The van der Waals surface area contributed by atoms with Crippen molar-refractivity contribution in [3.63, 3.8) is 0 Å². The summed E-state index contributed by atoms with van der Waals surface area (Å²) in [6.45, 7) is 3.81. The minimum absolute atomic E-state index is 0.133. The predicted molar refractivity (Wildman–Crippen MR) is 107 cm³/mol. The van der Waals surface area contributed by atoms with Crippen LogP contribution in [-0.4, -0.2) is 31.8 Å². The van der Waals surface area contributed by atoms with Crippen LogP contribution in [0.5, 0.6) is 0 Å². The normalized spacial score (nSPS) is 11.0. The zero-order chi connectivity index (χ0) is 19.0. The number of thiophene rings is 1. The SMILES string of the molecule is Cc1sc(NC(=O)CSc2nnc3c(n2)[nH]c2ccccc23)c(C#N)c1C. The van der Waals surface area contributed by atoms with Gasteiger partial charge < -0.3 is 10.3 Å². The van der Waals surface area contributed by atoms with Gasteiger partial charge in [0, 0.05) is 15.8 Å². The van der Waals surface area contributed by atoms with Crippen LogP contribution in [-0.2, 0) is 4.79 Å². The fourth-order valence-electron chi connectivity index (χ4n) is 2.71. The first-order valence-electron chi connectivity index (χ1n) is 8.10. The van der Waals surface area contributed by atoms with Crippen LogP contribution in [0.1, 0.15) is 16.0 Å². The minimum Gasteiger partial charge on any atom is -0.338 e. The molecule has 27 heavy (non-hydrogen) atoms. The van der Waals surface area contributed by atoms with Crippen molar-refractivity contribution in [1.29, 1.82) is 5.26 Å². The molecule has 134 valence electrons. The van der Waals surface area contributed by atoms with Crippen LogP contribution in [0, 0.1) is 25.2 Å². The Labute approximate surface area is 162 Å². The molecular weight excluding hydrogens is 380 g/mol. The number of aromatic amines is 1. The number of fused-ring (bicyclic) bond motifs is 3. The maximum absolute atomic E-state index is 12.3. The van der Waals surface area contributed by atoms with Gasteiger partial charge in [-0.2, -0.15) is 5.26 Å². The quantitative estimate of drug-likeness (QED) is 0.510. The summed E-state index contributed by atoms with van der Waals surface area (Å²) in [5, 5.41) is 22.4. The smallest absolute Gasteiger partial charge is 0.235 e. The molecule has 0 spiro atoms. The molecule has 1 amide bonds. The molecule has 0 aliphatic rings. The van der Waals surface area contributed by atoms with Gasteiger partial charge >= 0.3 is 0 Å². The third kappa shape index (κ3) is 3.25. The molecular formula is C18H14N6OS2. The Bertz CT molecular complexity index is 1220. The molecule has 0 radical (unpaired) electrons. The molecule has 0 aliphatic carbocycles. The zero-order valence-corrected chi connectivity index (χ0v) is 16.2. The average Bonchev–Trinajstić information content (AvgIpc) is 3.16. The van der Waals surface area contributed by atoms with E-state index in [1.165, 1.54) is 23.1 Å². The van der Waals surface area contributed by atoms with Gasteiger partial charge in [-0.05, 0) is 25.5 Å². The molecule has 0 unspecified atom stereocenters. The Morgan fingerprint density at radius 2 is 2.15 bits per heavy atom. The highest BCUT2D eigenvalue weighted by atomic mass is 32.2. The summed E-state index contributed by atoms with van der Waals surface area (Å²) in [4.78, 5) is 20.9. The Morgan fingerprint density at radius 1 is 1.33 bits per heavy atom. The van der Waals surface area contributed by atoms with Crippen LogP contribution in [0.2, 0.25) is 0 Å². The third-order valence-electron chi connectivity index (χ3n) is 4.18. The van der Waals surface area contributed by atoms with Gasteiger partial charge in [0.15, 0.2) is 5.65 Å². The Kier molecular flexibility index (Phi) is 4.51. The molecule has 7 nitrogen and oxygen atoms in total. The number of nitrogens with zero attached hydrogens (tertiary/aromatic N) is 4. The summed E-state index contributed by atoms with van der Waals surface area (Å²) in [6.07, 6.45) is 0.